The van der Waals surface area contributed by atoms with Crippen molar-refractivity contribution in [1.29, 1.82) is 0 Å². The summed E-state index contributed by atoms with van der Waals surface area (Å²) in [7, 11) is 1.90. The Morgan fingerprint density at radius 1 is 1.40 bits per heavy atom. The second-order valence-electron chi connectivity index (χ2n) is 7.13. The second-order valence-corrected chi connectivity index (χ2v) is 7.13. The van der Waals surface area contributed by atoms with Gasteiger partial charge < -0.3 is 10.4 Å². The molecule has 3 rings (SSSR count). The van der Waals surface area contributed by atoms with E-state index >= 15 is 0 Å². The lowest BCUT2D eigenvalue weighted by Gasteiger charge is -2.49. The summed E-state index contributed by atoms with van der Waals surface area (Å²) in [6.07, 6.45) is 4.46. The highest BCUT2D eigenvalue weighted by molar-refractivity contribution is 5.73. The molecule has 2 heterocycles. The number of likely N-dealkylation sites (tertiary alicyclic amines) is 1. The summed E-state index contributed by atoms with van der Waals surface area (Å²) in [6.45, 7) is 4.78. The van der Waals surface area contributed by atoms with Crippen LogP contribution in [0, 0.1) is 0 Å². The molecule has 1 aliphatic heterocycles. The van der Waals surface area contributed by atoms with Crippen LogP contribution in [0.15, 0.2) is 42.7 Å². The summed E-state index contributed by atoms with van der Waals surface area (Å²) >= 11 is 0. The molecule has 1 amide bonds. The van der Waals surface area contributed by atoms with Crippen LogP contribution in [0.2, 0.25) is 0 Å². The first-order valence-corrected chi connectivity index (χ1v) is 8.63. The zero-order chi connectivity index (χ0) is 18.0. The van der Waals surface area contributed by atoms with E-state index in [1.165, 1.54) is 6.92 Å². The first-order valence-electron chi connectivity index (χ1n) is 8.63. The van der Waals surface area contributed by atoms with Crippen molar-refractivity contribution in [2.75, 3.05) is 6.54 Å². The molecule has 25 heavy (non-hydrogen) atoms. The molecule has 1 aromatic carbocycles. The Balaban J connectivity index is 1.96. The van der Waals surface area contributed by atoms with Gasteiger partial charge in [-0.25, -0.2) is 0 Å². The highest BCUT2D eigenvalue weighted by atomic mass is 16.3. The third kappa shape index (κ3) is 3.91. The van der Waals surface area contributed by atoms with Gasteiger partial charge in [-0.2, -0.15) is 5.10 Å². The maximum absolute atomic E-state index is 11.8. The fourth-order valence-electron chi connectivity index (χ4n) is 3.69. The Labute approximate surface area is 148 Å². The highest BCUT2D eigenvalue weighted by Crippen LogP contribution is 2.37. The largest absolute Gasteiger partial charge is 0.388 e. The number of hydrogen-bond donors (Lipinski definition) is 2. The maximum atomic E-state index is 11.8. The molecule has 0 bridgehead atoms. The van der Waals surface area contributed by atoms with E-state index in [0.29, 0.717) is 6.42 Å². The van der Waals surface area contributed by atoms with Crippen molar-refractivity contribution in [3.8, 4) is 0 Å². The van der Waals surface area contributed by atoms with Crippen LogP contribution in [0.3, 0.4) is 0 Å². The molecular weight excluding hydrogens is 316 g/mol. The molecular formula is C19H26N4O2. The van der Waals surface area contributed by atoms with Crippen molar-refractivity contribution in [2.45, 2.75) is 44.5 Å². The minimum atomic E-state index is -0.961. The first kappa shape index (κ1) is 17.6. The van der Waals surface area contributed by atoms with Gasteiger partial charge in [-0.3, -0.25) is 14.4 Å². The average molecular weight is 342 g/mol. The summed E-state index contributed by atoms with van der Waals surface area (Å²) in [4.78, 5) is 14.1. The Bertz CT molecular complexity index is 726. The molecule has 1 aliphatic rings. The molecule has 3 atom stereocenters. The summed E-state index contributed by atoms with van der Waals surface area (Å²) < 4.78 is 1.79. The van der Waals surface area contributed by atoms with Crippen LogP contribution < -0.4 is 5.32 Å². The topological polar surface area (TPSA) is 70.4 Å². The number of nitrogens with one attached hydrogen (secondary N) is 1. The van der Waals surface area contributed by atoms with Gasteiger partial charge >= 0.3 is 0 Å². The molecule has 1 aromatic heterocycles. The number of benzene rings is 1. The number of aryl methyl sites for hydroxylation is 1. The number of nitrogens with zero attached hydrogens (tertiary/aromatic N) is 3. The number of rotatable bonds is 4. The Morgan fingerprint density at radius 3 is 2.72 bits per heavy atom. The fraction of sp³-hybridized carbons (Fsp3) is 0.474. The minimum absolute atomic E-state index is 0.103. The quantitative estimate of drug-likeness (QED) is 0.886. The Kier molecular flexibility index (Phi) is 4.92. The van der Waals surface area contributed by atoms with Crippen molar-refractivity contribution in [2.24, 2.45) is 7.05 Å². The zero-order valence-electron chi connectivity index (χ0n) is 15.0. The van der Waals surface area contributed by atoms with Crippen molar-refractivity contribution < 1.29 is 9.90 Å². The van der Waals surface area contributed by atoms with Crippen LogP contribution in [0.4, 0.5) is 0 Å². The molecule has 0 spiro atoms. The van der Waals surface area contributed by atoms with E-state index in [-0.39, 0.29) is 18.0 Å². The molecule has 0 saturated carbocycles. The van der Waals surface area contributed by atoms with E-state index in [9.17, 15) is 9.90 Å². The van der Waals surface area contributed by atoms with Crippen LogP contribution in [0.1, 0.15) is 37.4 Å². The van der Waals surface area contributed by atoms with Crippen molar-refractivity contribution in [3.63, 3.8) is 0 Å². The van der Waals surface area contributed by atoms with Crippen molar-refractivity contribution in [1.82, 2.24) is 20.0 Å². The van der Waals surface area contributed by atoms with Gasteiger partial charge in [0.2, 0.25) is 5.91 Å². The van der Waals surface area contributed by atoms with E-state index in [1.54, 1.807) is 4.68 Å². The van der Waals surface area contributed by atoms with Gasteiger partial charge in [-0.15, -0.1) is 0 Å². The van der Waals surface area contributed by atoms with E-state index in [0.717, 1.165) is 24.2 Å². The number of aliphatic hydroxyl groups is 1. The lowest BCUT2D eigenvalue weighted by molar-refractivity contribution is -0.126. The van der Waals surface area contributed by atoms with Gasteiger partial charge in [-0.1, -0.05) is 30.3 Å². The SMILES string of the molecule is CC(=O)NC1C(c2ccccc2)N(Cc2cnn(C)c2)CCC1(C)O. The maximum Gasteiger partial charge on any atom is 0.217 e. The lowest BCUT2D eigenvalue weighted by Crippen LogP contribution is -2.62. The number of amides is 1. The number of piperidine rings is 1. The van der Waals surface area contributed by atoms with Gasteiger partial charge in [0.25, 0.3) is 0 Å². The normalized spacial score (nSPS) is 27.2. The predicted molar refractivity (Wildman–Crippen MR) is 95.6 cm³/mol. The van der Waals surface area contributed by atoms with Crippen LogP contribution in [-0.2, 0) is 18.4 Å². The molecule has 0 aliphatic carbocycles. The summed E-state index contributed by atoms with van der Waals surface area (Å²) in [5, 5.41) is 18.2. The molecule has 134 valence electrons. The van der Waals surface area contributed by atoms with Gasteiger partial charge in [0.05, 0.1) is 23.9 Å². The summed E-state index contributed by atoms with van der Waals surface area (Å²) in [6, 6.07) is 9.58. The van der Waals surface area contributed by atoms with Gasteiger partial charge in [0.1, 0.15) is 0 Å². The van der Waals surface area contributed by atoms with Crippen LogP contribution in [-0.4, -0.2) is 43.9 Å². The molecule has 2 N–H and O–H groups in total. The minimum Gasteiger partial charge on any atom is -0.388 e. The van der Waals surface area contributed by atoms with Crippen LogP contribution >= 0.6 is 0 Å². The monoisotopic (exact) mass is 342 g/mol. The number of aromatic nitrogens is 2. The van der Waals surface area contributed by atoms with E-state index in [1.807, 2.05) is 44.6 Å². The van der Waals surface area contributed by atoms with Crippen molar-refractivity contribution >= 4 is 5.91 Å². The Morgan fingerprint density at radius 2 is 2.12 bits per heavy atom. The molecule has 6 nitrogen and oxygen atoms in total. The summed E-state index contributed by atoms with van der Waals surface area (Å²) in [5.74, 6) is -0.130. The molecule has 3 unspecified atom stereocenters. The fourth-order valence-corrected chi connectivity index (χ4v) is 3.69. The number of carbonyl (C=O) groups is 1. The zero-order valence-corrected chi connectivity index (χ0v) is 15.0. The Hall–Kier alpha value is -2.18. The molecule has 2 aromatic rings. The predicted octanol–water partition coefficient (Wildman–Crippen LogP) is 1.62. The van der Waals surface area contributed by atoms with Crippen LogP contribution in [0.5, 0.6) is 0 Å². The van der Waals surface area contributed by atoms with E-state index in [2.05, 4.69) is 27.4 Å². The summed E-state index contributed by atoms with van der Waals surface area (Å²) in [5.41, 5.74) is 1.24. The standard InChI is InChI=1S/C19H26N4O2/c1-14(24)21-18-17(16-7-5-4-6-8-16)23(10-9-19(18,2)25)13-15-11-20-22(3)12-15/h4-8,11-12,17-18,25H,9-10,13H2,1-3H3,(H,21,24). The smallest absolute Gasteiger partial charge is 0.217 e. The average Bonchev–Trinajstić information content (AvgIpc) is 2.96. The number of carbonyl (C=O) groups excluding carboxylic acids is 1. The molecule has 6 heteroatoms. The molecule has 1 saturated heterocycles. The van der Waals surface area contributed by atoms with E-state index in [4.69, 9.17) is 0 Å². The second kappa shape index (κ2) is 6.98. The highest BCUT2D eigenvalue weighted by Gasteiger charge is 2.45. The van der Waals surface area contributed by atoms with Gasteiger partial charge in [-0.05, 0) is 18.9 Å². The first-order chi connectivity index (χ1) is 11.9. The van der Waals surface area contributed by atoms with E-state index < -0.39 is 5.60 Å². The molecule has 1 fully saturated rings. The lowest BCUT2D eigenvalue weighted by atomic mass is 9.79. The third-order valence-electron chi connectivity index (χ3n) is 4.93. The third-order valence-corrected chi connectivity index (χ3v) is 4.93. The van der Waals surface area contributed by atoms with Gasteiger partial charge in [0.15, 0.2) is 0 Å². The van der Waals surface area contributed by atoms with Crippen LogP contribution in [0.25, 0.3) is 0 Å². The number of hydrogen-bond acceptors (Lipinski definition) is 4. The molecule has 0 radical (unpaired) electrons. The van der Waals surface area contributed by atoms with Gasteiger partial charge in [0, 0.05) is 38.8 Å². The van der Waals surface area contributed by atoms with Crippen molar-refractivity contribution in [3.05, 3.63) is 53.9 Å².